The summed E-state index contributed by atoms with van der Waals surface area (Å²) in [6.45, 7) is 6.79. The number of benzene rings is 1. The number of rotatable bonds is 11. The van der Waals surface area contributed by atoms with Crippen LogP contribution in [0.1, 0.15) is 12.0 Å². The highest BCUT2D eigenvalue weighted by Crippen LogP contribution is 2.43. The Morgan fingerprint density at radius 3 is 2.60 bits per heavy atom. The van der Waals surface area contributed by atoms with Crippen molar-refractivity contribution in [1.29, 1.82) is 0 Å². The number of aryl methyl sites for hydroxylation is 1. The topological polar surface area (TPSA) is 118 Å². The van der Waals surface area contributed by atoms with E-state index in [0.717, 1.165) is 62.9 Å². The zero-order valence-electron chi connectivity index (χ0n) is 23.8. The number of amides is 2. The van der Waals surface area contributed by atoms with E-state index in [2.05, 4.69) is 16.0 Å². The molecular weight excluding hydrogens is 608 g/mol. The molecule has 1 atom stereocenters. The number of imide groups is 1. The number of ether oxygens (including phenoxy) is 2. The highest BCUT2D eigenvalue weighted by atomic mass is 35.5. The largest absolute Gasteiger partial charge is 0.491 e. The van der Waals surface area contributed by atoms with E-state index < -0.39 is 11.8 Å². The number of nitrogens with zero attached hydrogens (tertiary/aromatic N) is 3. The van der Waals surface area contributed by atoms with Gasteiger partial charge in [-0.15, -0.1) is 35.1 Å². The Hall–Kier alpha value is -3.39. The Balaban J connectivity index is 0.00000368. The lowest BCUT2D eigenvalue weighted by molar-refractivity contribution is -0.123. The minimum atomic E-state index is -0.445. The van der Waals surface area contributed by atoms with Crippen molar-refractivity contribution in [2.24, 2.45) is 0 Å². The summed E-state index contributed by atoms with van der Waals surface area (Å²) in [7, 11) is 1.75. The number of thiophene rings is 2. The van der Waals surface area contributed by atoms with Crippen molar-refractivity contribution in [1.82, 2.24) is 25.9 Å². The molecule has 43 heavy (non-hydrogen) atoms. The van der Waals surface area contributed by atoms with E-state index in [0.29, 0.717) is 37.5 Å². The zero-order valence-corrected chi connectivity index (χ0v) is 26.3. The van der Waals surface area contributed by atoms with Gasteiger partial charge in [-0.25, -0.2) is 9.97 Å². The van der Waals surface area contributed by atoms with Crippen LogP contribution < -0.4 is 25.6 Å². The monoisotopic (exact) mass is 640 g/mol. The van der Waals surface area contributed by atoms with Crippen molar-refractivity contribution in [3.63, 3.8) is 0 Å². The van der Waals surface area contributed by atoms with E-state index in [-0.39, 0.29) is 18.1 Å². The van der Waals surface area contributed by atoms with E-state index >= 15 is 0 Å². The Labute approximate surface area is 263 Å². The maximum absolute atomic E-state index is 12.5. The van der Waals surface area contributed by atoms with Gasteiger partial charge in [0.05, 0.1) is 16.9 Å². The van der Waals surface area contributed by atoms with Crippen molar-refractivity contribution >= 4 is 62.9 Å². The molecule has 1 saturated heterocycles. The number of hydrogen-bond acceptors (Lipinski definition) is 11. The fourth-order valence-electron chi connectivity index (χ4n) is 5.08. The van der Waals surface area contributed by atoms with Gasteiger partial charge < -0.3 is 25.0 Å². The first-order valence-electron chi connectivity index (χ1n) is 13.9. The normalized spacial score (nSPS) is 16.6. The Bertz CT molecular complexity index is 1620. The molecule has 2 aliphatic rings. The number of anilines is 1. The van der Waals surface area contributed by atoms with Gasteiger partial charge in [-0.1, -0.05) is 6.07 Å². The number of piperazine rings is 1. The third-order valence-electron chi connectivity index (χ3n) is 7.28. The molecule has 0 spiro atoms. The second kappa shape index (κ2) is 13.9. The third-order valence-corrected chi connectivity index (χ3v) is 9.38. The van der Waals surface area contributed by atoms with Crippen LogP contribution in [0.5, 0.6) is 5.75 Å². The lowest BCUT2D eigenvalue weighted by Gasteiger charge is -2.24. The fourth-order valence-corrected chi connectivity index (χ4v) is 6.92. The maximum Gasteiger partial charge on any atom is 0.274 e. The summed E-state index contributed by atoms with van der Waals surface area (Å²) in [4.78, 5) is 38.6. The SMILES string of the molecule is Cc1c(-c2ccc(OCCOCCC3CNCCN3)cc2)sc2nc(-c3cccs3)nc(N(C)C3=CC(=O)NC3=O)c12.Cl. The van der Waals surface area contributed by atoms with Crippen molar-refractivity contribution in [3.8, 4) is 26.9 Å². The Kier molecular flexibility index (Phi) is 10.1. The van der Waals surface area contributed by atoms with Crippen LogP contribution in [0.2, 0.25) is 0 Å². The molecule has 3 aromatic heterocycles. The second-order valence-corrected chi connectivity index (χ2v) is 12.1. The van der Waals surface area contributed by atoms with Gasteiger partial charge in [0.15, 0.2) is 5.82 Å². The molecule has 1 fully saturated rings. The van der Waals surface area contributed by atoms with Crippen LogP contribution in [0.4, 0.5) is 5.82 Å². The molecule has 0 aliphatic carbocycles. The number of nitrogens with one attached hydrogen (secondary N) is 3. The first-order valence-corrected chi connectivity index (χ1v) is 15.6. The number of likely N-dealkylation sites (N-methyl/N-ethyl adjacent to an activating group) is 1. The van der Waals surface area contributed by atoms with Crippen LogP contribution in [-0.4, -0.2) is 74.3 Å². The predicted molar refractivity (Wildman–Crippen MR) is 173 cm³/mol. The zero-order chi connectivity index (χ0) is 29.1. The standard InChI is InChI=1S/C30H32N6O4S2.ClH/c1-18-25-28(36(2)22-16-24(37)33-29(22)38)34-27(23-4-3-15-41-23)35-30(25)42-26(18)19-5-7-21(8-6-19)40-14-13-39-12-9-20-17-31-10-11-32-20;/h3-8,15-16,20,31-32H,9-14,17H2,1-2H3,(H,33,37,38);1H. The van der Waals surface area contributed by atoms with Crippen molar-refractivity contribution in [3.05, 3.63) is 59.1 Å². The van der Waals surface area contributed by atoms with Gasteiger partial charge >= 0.3 is 0 Å². The van der Waals surface area contributed by atoms with Crippen LogP contribution in [0.15, 0.2) is 53.6 Å². The van der Waals surface area contributed by atoms with E-state index in [1.165, 1.54) is 6.08 Å². The van der Waals surface area contributed by atoms with Gasteiger partial charge in [0.1, 0.15) is 28.7 Å². The fraction of sp³-hybridized carbons (Fsp3) is 0.333. The second-order valence-electron chi connectivity index (χ2n) is 10.1. The minimum Gasteiger partial charge on any atom is -0.491 e. The Morgan fingerprint density at radius 2 is 1.91 bits per heavy atom. The van der Waals surface area contributed by atoms with Gasteiger partial charge in [-0.3, -0.25) is 14.9 Å². The number of fused-ring (bicyclic) bond motifs is 1. The van der Waals surface area contributed by atoms with Gasteiger partial charge in [-0.05, 0) is 60.2 Å². The molecule has 0 bridgehead atoms. The molecule has 6 rings (SSSR count). The van der Waals surface area contributed by atoms with Crippen LogP contribution in [0.3, 0.4) is 0 Å². The summed E-state index contributed by atoms with van der Waals surface area (Å²) >= 11 is 3.13. The molecular formula is C30H33ClN6O4S2. The van der Waals surface area contributed by atoms with E-state index in [1.807, 2.05) is 48.7 Å². The molecule has 10 nitrogen and oxygen atoms in total. The number of carbonyl (C=O) groups excluding carboxylic acids is 2. The predicted octanol–water partition coefficient (Wildman–Crippen LogP) is 4.14. The molecule has 4 aromatic rings. The summed E-state index contributed by atoms with van der Waals surface area (Å²) in [5.74, 6) is 1.06. The molecule has 13 heteroatoms. The van der Waals surface area contributed by atoms with Crippen LogP contribution in [-0.2, 0) is 14.3 Å². The maximum atomic E-state index is 12.5. The minimum absolute atomic E-state index is 0. The molecule has 1 aromatic carbocycles. The Morgan fingerprint density at radius 1 is 1.07 bits per heavy atom. The number of aromatic nitrogens is 2. The molecule has 0 saturated carbocycles. The quantitative estimate of drug-likeness (QED) is 0.164. The molecule has 5 heterocycles. The van der Waals surface area contributed by atoms with Gasteiger partial charge in [0, 0.05) is 50.3 Å². The van der Waals surface area contributed by atoms with E-state index in [4.69, 9.17) is 19.4 Å². The summed E-state index contributed by atoms with van der Waals surface area (Å²) in [5, 5.41) is 12.0. The summed E-state index contributed by atoms with van der Waals surface area (Å²) in [5.41, 5.74) is 2.29. The van der Waals surface area contributed by atoms with Crippen molar-refractivity contribution in [2.75, 3.05) is 51.4 Å². The number of hydrogen-bond donors (Lipinski definition) is 3. The number of carbonyl (C=O) groups is 2. The highest BCUT2D eigenvalue weighted by Gasteiger charge is 2.29. The van der Waals surface area contributed by atoms with Crippen LogP contribution in [0, 0.1) is 6.92 Å². The lowest BCUT2D eigenvalue weighted by atomic mass is 10.1. The third kappa shape index (κ3) is 6.90. The lowest BCUT2D eigenvalue weighted by Crippen LogP contribution is -2.48. The van der Waals surface area contributed by atoms with Crippen molar-refractivity contribution in [2.45, 2.75) is 19.4 Å². The molecule has 0 radical (unpaired) electrons. The van der Waals surface area contributed by atoms with Gasteiger partial charge in [0.25, 0.3) is 11.8 Å². The molecule has 226 valence electrons. The van der Waals surface area contributed by atoms with E-state index in [9.17, 15) is 9.59 Å². The smallest absolute Gasteiger partial charge is 0.274 e. The van der Waals surface area contributed by atoms with Gasteiger partial charge in [-0.2, -0.15) is 0 Å². The van der Waals surface area contributed by atoms with Crippen molar-refractivity contribution < 1.29 is 19.1 Å². The van der Waals surface area contributed by atoms with Gasteiger partial charge in [0.2, 0.25) is 0 Å². The van der Waals surface area contributed by atoms with E-state index in [1.54, 1.807) is 34.6 Å². The highest BCUT2D eigenvalue weighted by molar-refractivity contribution is 7.22. The van der Waals surface area contributed by atoms with Crippen LogP contribution in [0.25, 0.3) is 31.4 Å². The summed E-state index contributed by atoms with van der Waals surface area (Å²) < 4.78 is 11.7. The molecule has 2 amide bonds. The first-order chi connectivity index (χ1) is 20.5. The molecule has 1 unspecified atom stereocenters. The molecule has 3 N–H and O–H groups in total. The number of halogens is 1. The first kappa shape index (κ1) is 31.0. The summed E-state index contributed by atoms with van der Waals surface area (Å²) in [6.07, 6.45) is 2.29. The average Bonchev–Trinajstić information content (AvgIpc) is 3.74. The van der Waals surface area contributed by atoms with Crippen LogP contribution >= 0.6 is 35.1 Å². The molecule has 2 aliphatic heterocycles. The summed E-state index contributed by atoms with van der Waals surface area (Å²) in [6, 6.07) is 12.4. The average molecular weight is 641 g/mol.